The molecule has 0 spiro atoms. The fourth-order valence-corrected chi connectivity index (χ4v) is 2.55. The normalized spacial score (nSPS) is 22.4. The van der Waals surface area contributed by atoms with Crippen LogP contribution in [0.15, 0.2) is 0 Å². The number of piperidine rings is 1. The third kappa shape index (κ3) is 3.94. The first-order valence-corrected chi connectivity index (χ1v) is 8.14. The number of rotatable bonds is 4. The topological polar surface area (TPSA) is 49.4 Å². The number of likely N-dealkylation sites (tertiary alicyclic amines) is 1. The van der Waals surface area contributed by atoms with Crippen molar-refractivity contribution in [1.82, 2.24) is 10.2 Å². The number of alkyl halides is 1. The van der Waals surface area contributed by atoms with Crippen LogP contribution in [0, 0.1) is 11.8 Å². The molecule has 2 rings (SSSR count). The lowest BCUT2D eigenvalue weighted by Crippen LogP contribution is -2.48. The van der Waals surface area contributed by atoms with Gasteiger partial charge in [0.1, 0.15) is 0 Å². The molecule has 0 aromatic heterocycles. The molecule has 0 aromatic carbocycles. The predicted molar refractivity (Wildman–Crippen MR) is 78.0 cm³/mol. The first-order valence-electron chi connectivity index (χ1n) is 7.22. The lowest BCUT2D eigenvalue weighted by atomic mass is 10.0. The Morgan fingerprint density at radius 3 is 2.21 bits per heavy atom. The summed E-state index contributed by atoms with van der Waals surface area (Å²) in [6.45, 7) is 5.62. The highest BCUT2D eigenvalue weighted by Gasteiger charge is 2.35. The van der Waals surface area contributed by atoms with E-state index in [2.05, 4.69) is 21.2 Å². The van der Waals surface area contributed by atoms with Gasteiger partial charge in [0.2, 0.25) is 11.8 Å². The number of carbonyl (C=O) groups excluding carboxylic acids is 2. The Morgan fingerprint density at radius 1 is 1.16 bits per heavy atom. The van der Waals surface area contributed by atoms with Crippen molar-refractivity contribution >= 4 is 27.7 Å². The molecular weight excluding hydrogens is 308 g/mol. The highest BCUT2D eigenvalue weighted by molar-refractivity contribution is 9.10. The van der Waals surface area contributed by atoms with E-state index in [4.69, 9.17) is 0 Å². The van der Waals surface area contributed by atoms with Crippen LogP contribution in [0.3, 0.4) is 0 Å². The van der Waals surface area contributed by atoms with E-state index in [1.807, 2.05) is 18.7 Å². The molecular formula is C14H23BrN2O2. The molecule has 0 radical (unpaired) electrons. The van der Waals surface area contributed by atoms with E-state index < -0.39 is 0 Å². The summed E-state index contributed by atoms with van der Waals surface area (Å²) in [6, 6.07) is 0.217. The van der Waals surface area contributed by atoms with Gasteiger partial charge in [0.05, 0.1) is 4.83 Å². The molecule has 2 amide bonds. The maximum Gasteiger partial charge on any atom is 0.234 e. The summed E-state index contributed by atoms with van der Waals surface area (Å²) < 4.78 is 0. The largest absolute Gasteiger partial charge is 0.352 e. The number of halogens is 1. The summed E-state index contributed by atoms with van der Waals surface area (Å²) >= 11 is 3.42. The lowest BCUT2D eigenvalue weighted by Gasteiger charge is -2.33. The minimum atomic E-state index is -0.126. The van der Waals surface area contributed by atoms with Gasteiger partial charge < -0.3 is 10.2 Å². The molecule has 1 saturated heterocycles. The molecule has 5 heteroatoms. The first kappa shape index (κ1) is 14.8. The molecule has 1 aliphatic heterocycles. The fourth-order valence-electron chi connectivity index (χ4n) is 2.42. The van der Waals surface area contributed by atoms with Crippen molar-refractivity contribution in [1.29, 1.82) is 0 Å². The number of amides is 2. The fraction of sp³-hybridized carbons (Fsp3) is 0.857. The molecule has 4 nitrogen and oxygen atoms in total. The Balaban J connectivity index is 1.74. The molecule has 2 fully saturated rings. The Bertz CT molecular complexity index is 347. The average Bonchev–Trinajstić information content (AvgIpc) is 3.22. The Labute approximate surface area is 123 Å². The van der Waals surface area contributed by atoms with Crippen LogP contribution in [-0.2, 0) is 9.59 Å². The van der Waals surface area contributed by atoms with E-state index in [9.17, 15) is 9.59 Å². The maximum absolute atomic E-state index is 11.9. The van der Waals surface area contributed by atoms with E-state index in [-0.39, 0.29) is 22.7 Å². The van der Waals surface area contributed by atoms with Crippen LogP contribution >= 0.6 is 15.9 Å². The minimum Gasteiger partial charge on any atom is -0.352 e. The SMILES string of the molecule is CC(C)C(Br)C(=O)NC1CCN(C(=O)C2CC2)CC1. The standard InChI is InChI=1S/C14H23BrN2O2/c1-9(2)12(15)13(18)16-11-5-7-17(8-6-11)14(19)10-3-4-10/h9-12H,3-8H2,1-2H3,(H,16,18). The highest BCUT2D eigenvalue weighted by atomic mass is 79.9. The van der Waals surface area contributed by atoms with E-state index in [0.29, 0.717) is 11.8 Å². The molecule has 108 valence electrons. The van der Waals surface area contributed by atoms with Crippen LogP contribution < -0.4 is 5.32 Å². The number of hydrogen-bond donors (Lipinski definition) is 1. The lowest BCUT2D eigenvalue weighted by molar-refractivity contribution is -0.133. The molecule has 2 aliphatic rings. The molecule has 1 saturated carbocycles. The average molecular weight is 331 g/mol. The van der Waals surface area contributed by atoms with Crippen LogP contribution in [0.5, 0.6) is 0 Å². The zero-order valence-electron chi connectivity index (χ0n) is 11.7. The van der Waals surface area contributed by atoms with Gasteiger partial charge in [-0.3, -0.25) is 9.59 Å². The van der Waals surface area contributed by atoms with Crippen LogP contribution in [0.4, 0.5) is 0 Å². The van der Waals surface area contributed by atoms with Crippen molar-refractivity contribution in [3.8, 4) is 0 Å². The second-order valence-corrected chi connectivity index (χ2v) is 7.01. The van der Waals surface area contributed by atoms with E-state index in [1.165, 1.54) is 0 Å². The molecule has 1 unspecified atom stereocenters. The summed E-state index contributed by atoms with van der Waals surface area (Å²) in [5.74, 6) is 0.989. The Kier molecular flexibility index (Phi) is 4.87. The van der Waals surface area contributed by atoms with Crippen molar-refractivity contribution in [3.05, 3.63) is 0 Å². The van der Waals surface area contributed by atoms with Crippen molar-refractivity contribution in [3.63, 3.8) is 0 Å². The summed E-state index contributed by atoms with van der Waals surface area (Å²) in [5.41, 5.74) is 0. The number of hydrogen-bond acceptors (Lipinski definition) is 2. The van der Waals surface area contributed by atoms with Crippen molar-refractivity contribution in [2.75, 3.05) is 13.1 Å². The van der Waals surface area contributed by atoms with Gasteiger partial charge in [0.15, 0.2) is 0 Å². The smallest absolute Gasteiger partial charge is 0.234 e. The van der Waals surface area contributed by atoms with Gasteiger partial charge in [-0.05, 0) is 31.6 Å². The second-order valence-electron chi connectivity index (χ2n) is 6.03. The molecule has 19 heavy (non-hydrogen) atoms. The summed E-state index contributed by atoms with van der Waals surface area (Å²) in [7, 11) is 0. The van der Waals surface area contributed by atoms with E-state index in [1.54, 1.807) is 0 Å². The molecule has 1 atom stereocenters. The minimum absolute atomic E-state index is 0.0713. The number of carbonyl (C=O) groups is 2. The number of nitrogens with one attached hydrogen (secondary N) is 1. The summed E-state index contributed by atoms with van der Waals surface area (Å²) in [5, 5.41) is 3.08. The van der Waals surface area contributed by atoms with Crippen molar-refractivity contribution < 1.29 is 9.59 Å². The van der Waals surface area contributed by atoms with Crippen LogP contribution in [0.25, 0.3) is 0 Å². The quantitative estimate of drug-likeness (QED) is 0.800. The number of nitrogens with zero attached hydrogens (tertiary/aromatic N) is 1. The molecule has 1 heterocycles. The molecule has 0 bridgehead atoms. The van der Waals surface area contributed by atoms with Gasteiger partial charge in [-0.15, -0.1) is 0 Å². The zero-order chi connectivity index (χ0) is 14.0. The van der Waals surface area contributed by atoms with Crippen molar-refractivity contribution in [2.45, 2.75) is 50.4 Å². The summed E-state index contributed by atoms with van der Waals surface area (Å²) in [6.07, 6.45) is 3.88. The molecule has 0 aromatic rings. The summed E-state index contributed by atoms with van der Waals surface area (Å²) in [4.78, 5) is 25.7. The Hall–Kier alpha value is -0.580. The van der Waals surface area contributed by atoms with Crippen LogP contribution in [-0.4, -0.2) is 40.7 Å². The van der Waals surface area contributed by atoms with Crippen LogP contribution in [0.1, 0.15) is 39.5 Å². The third-order valence-corrected chi connectivity index (χ3v) is 5.39. The Morgan fingerprint density at radius 2 is 1.74 bits per heavy atom. The zero-order valence-corrected chi connectivity index (χ0v) is 13.3. The van der Waals surface area contributed by atoms with Gasteiger partial charge in [-0.2, -0.15) is 0 Å². The predicted octanol–water partition coefficient (Wildman–Crippen LogP) is 1.92. The van der Waals surface area contributed by atoms with E-state index in [0.717, 1.165) is 38.8 Å². The maximum atomic E-state index is 11.9. The van der Waals surface area contributed by atoms with E-state index >= 15 is 0 Å². The molecule has 1 aliphatic carbocycles. The van der Waals surface area contributed by atoms with Crippen LogP contribution in [0.2, 0.25) is 0 Å². The van der Waals surface area contributed by atoms with Gasteiger partial charge >= 0.3 is 0 Å². The van der Waals surface area contributed by atoms with Gasteiger partial charge in [0.25, 0.3) is 0 Å². The first-order chi connectivity index (χ1) is 8.99. The van der Waals surface area contributed by atoms with Gasteiger partial charge in [-0.1, -0.05) is 29.8 Å². The van der Waals surface area contributed by atoms with Gasteiger partial charge in [-0.25, -0.2) is 0 Å². The second kappa shape index (κ2) is 6.25. The monoisotopic (exact) mass is 330 g/mol. The highest BCUT2D eigenvalue weighted by Crippen LogP contribution is 2.31. The van der Waals surface area contributed by atoms with Crippen molar-refractivity contribution in [2.24, 2.45) is 11.8 Å². The van der Waals surface area contributed by atoms with Gasteiger partial charge in [0, 0.05) is 25.0 Å². The third-order valence-electron chi connectivity index (χ3n) is 3.92. The molecule has 1 N–H and O–H groups in total.